The summed E-state index contributed by atoms with van der Waals surface area (Å²) in [5, 5.41) is 9.98. The predicted octanol–water partition coefficient (Wildman–Crippen LogP) is 2.39. The molecule has 0 aliphatic rings. The Morgan fingerprint density at radius 1 is 1.16 bits per heavy atom. The SMILES string of the molecule is Cn1cc(CC(=O)c2ccc3ccccc3c2)nn1. The molecular weight excluding hydrogens is 238 g/mol. The number of ketones is 1. The van der Waals surface area contributed by atoms with Gasteiger partial charge < -0.3 is 0 Å². The molecule has 0 N–H and O–H groups in total. The lowest BCUT2D eigenvalue weighted by molar-refractivity contribution is 0.0992. The number of carbonyl (C=O) groups is 1. The Bertz CT molecular complexity index is 746. The summed E-state index contributed by atoms with van der Waals surface area (Å²) >= 11 is 0. The number of hydrogen-bond acceptors (Lipinski definition) is 3. The number of fused-ring (bicyclic) bond motifs is 1. The molecule has 0 atom stereocenters. The Labute approximate surface area is 110 Å². The van der Waals surface area contributed by atoms with Crippen molar-refractivity contribution in [2.45, 2.75) is 6.42 Å². The number of aromatic nitrogens is 3. The first-order valence-electron chi connectivity index (χ1n) is 6.09. The van der Waals surface area contributed by atoms with E-state index < -0.39 is 0 Å². The highest BCUT2D eigenvalue weighted by Crippen LogP contribution is 2.16. The lowest BCUT2D eigenvalue weighted by atomic mass is 10.0. The van der Waals surface area contributed by atoms with Crippen LogP contribution in [0.2, 0.25) is 0 Å². The van der Waals surface area contributed by atoms with E-state index in [1.165, 1.54) is 0 Å². The van der Waals surface area contributed by atoms with Gasteiger partial charge in [0.25, 0.3) is 0 Å². The number of aryl methyl sites for hydroxylation is 1. The number of nitrogens with zero attached hydrogens (tertiary/aromatic N) is 3. The number of hydrogen-bond donors (Lipinski definition) is 0. The van der Waals surface area contributed by atoms with Crippen molar-refractivity contribution in [1.29, 1.82) is 0 Å². The summed E-state index contributed by atoms with van der Waals surface area (Å²) in [6.45, 7) is 0. The van der Waals surface area contributed by atoms with Gasteiger partial charge in [0.2, 0.25) is 0 Å². The summed E-state index contributed by atoms with van der Waals surface area (Å²) in [5.41, 5.74) is 1.41. The first-order valence-corrected chi connectivity index (χ1v) is 6.09. The van der Waals surface area contributed by atoms with Gasteiger partial charge in [-0.15, -0.1) is 5.10 Å². The van der Waals surface area contributed by atoms with Crippen LogP contribution in [0.5, 0.6) is 0 Å². The van der Waals surface area contributed by atoms with Gasteiger partial charge in [0, 0.05) is 18.8 Å². The predicted molar refractivity (Wildman–Crippen MR) is 73.0 cm³/mol. The van der Waals surface area contributed by atoms with Crippen molar-refractivity contribution in [3.63, 3.8) is 0 Å². The second kappa shape index (κ2) is 4.65. The fraction of sp³-hybridized carbons (Fsp3) is 0.133. The fourth-order valence-electron chi connectivity index (χ4n) is 2.11. The molecule has 0 radical (unpaired) electrons. The molecule has 0 amide bonds. The summed E-state index contributed by atoms with van der Waals surface area (Å²) in [6.07, 6.45) is 2.05. The molecule has 0 saturated carbocycles. The third kappa shape index (κ3) is 2.38. The third-order valence-corrected chi connectivity index (χ3v) is 3.06. The van der Waals surface area contributed by atoms with Crippen LogP contribution in [0, 0.1) is 0 Å². The van der Waals surface area contributed by atoms with E-state index >= 15 is 0 Å². The van der Waals surface area contributed by atoms with Crippen LogP contribution in [0.3, 0.4) is 0 Å². The summed E-state index contributed by atoms with van der Waals surface area (Å²) in [4.78, 5) is 12.2. The summed E-state index contributed by atoms with van der Waals surface area (Å²) in [6, 6.07) is 13.8. The summed E-state index contributed by atoms with van der Waals surface area (Å²) in [5.74, 6) is 0.0613. The van der Waals surface area contributed by atoms with E-state index in [-0.39, 0.29) is 12.2 Å². The number of rotatable bonds is 3. The average Bonchev–Trinajstić information content (AvgIpc) is 2.83. The van der Waals surface area contributed by atoms with E-state index in [0.29, 0.717) is 11.3 Å². The van der Waals surface area contributed by atoms with Crippen molar-refractivity contribution in [1.82, 2.24) is 15.0 Å². The largest absolute Gasteiger partial charge is 0.294 e. The lowest BCUT2D eigenvalue weighted by Gasteiger charge is -2.01. The van der Waals surface area contributed by atoms with Gasteiger partial charge in [-0.2, -0.15) is 0 Å². The van der Waals surface area contributed by atoms with Crippen molar-refractivity contribution in [2.75, 3.05) is 0 Å². The fourth-order valence-corrected chi connectivity index (χ4v) is 2.11. The van der Waals surface area contributed by atoms with Crippen LogP contribution < -0.4 is 0 Å². The zero-order chi connectivity index (χ0) is 13.2. The Kier molecular flexibility index (Phi) is 2.83. The molecule has 1 heterocycles. The quantitative estimate of drug-likeness (QED) is 0.671. The maximum atomic E-state index is 12.2. The molecule has 3 aromatic rings. The van der Waals surface area contributed by atoms with Crippen LogP contribution in [-0.4, -0.2) is 20.8 Å². The maximum Gasteiger partial charge on any atom is 0.168 e. The second-order valence-electron chi connectivity index (χ2n) is 4.55. The minimum atomic E-state index is 0.0613. The highest BCUT2D eigenvalue weighted by Gasteiger charge is 2.10. The van der Waals surface area contributed by atoms with Crippen molar-refractivity contribution >= 4 is 16.6 Å². The third-order valence-electron chi connectivity index (χ3n) is 3.06. The topological polar surface area (TPSA) is 47.8 Å². The first-order chi connectivity index (χ1) is 9.22. The molecule has 0 saturated heterocycles. The van der Waals surface area contributed by atoms with Crippen molar-refractivity contribution in [3.8, 4) is 0 Å². The van der Waals surface area contributed by atoms with Crippen LogP contribution in [0.1, 0.15) is 16.1 Å². The van der Waals surface area contributed by atoms with Crippen molar-refractivity contribution in [2.24, 2.45) is 7.05 Å². The van der Waals surface area contributed by atoms with E-state index in [4.69, 9.17) is 0 Å². The highest BCUT2D eigenvalue weighted by atomic mass is 16.1. The molecule has 0 aliphatic heterocycles. The van der Waals surface area contributed by atoms with Crippen molar-refractivity contribution in [3.05, 3.63) is 59.9 Å². The molecule has 3 rings (SSSR count). The van der Waals surface area contributed by atoms with E-state index in [0.717, 1.165) is 10.8 Å². The molecule has 0 spiro atoms. The zero-order valence-corrected chi connectivity index (χ0v) is 10.6. The van der Waals surface area contributed by atoms with Gasteiger partial charge in [-0.05, 0) is 16.8 Å². The normalized spacial score (nSPS) is 10.8. The molecular formula is C15H13N3O. The van der Waals surface area contributed by atoms with Crippen LogP contribution in [0.25, 0.3) is 10.8 Å². The van der Waals surface area contributed by atoms with Gasteiger partial charge in [0.1, 0.15) is 0 Å². The molecule has 0 fully saturated rings. The van der Waals surface area contributed by atoms with Crippen LogP contribution in [0.4, 0.5) is 0 Å². The zero-order valence-electron chi connectivity index (χ0n) is 10.6. The smallest absolute Gasteiger partial charge is 0.168 e. The molecule has 19 heavy (non-hydrogen) atoms. The van der Waals surface area contributed by atoms with Gasteiger partial charge in [0.15, 0.2) is 5.78 Å². The Morgan fingerprint density at radius 3 is 2.68 bits per heavy atom. The first kappa shape index (κ1) is 11.6. The minimum absolute atomic E-state index is 0.0613. The molecule has 0 aliphatic carbocycles. The number of Topliss-reactive ketones (excluding diaryl/α,β-unsaturated/α-hetero) is 1. The van der Waals surface area contributed by atoms with E-state index in [1.54, 1.807) is 17.9 Å². The Balaban J connectivity index is 1.89. The van der Waals surface area contributed by atoms with E-state index in [2.05, 4.69) is 10.3 Å². The summed E-state index contributed by atoms with van der Waals surface area (Å²) < 4.78 is 1.60. The van der Waals surface area contributed by atoms with Crippen molar-refractivity contribution < 1.29 is 4.79 Å². The maximum absolute atomic E-state index is 12.2. The molecule has 94 valence electrons. The van der Waals surface area contributed by atoms with Gasteiger partial charge in [0.05, 0.1) is 12.1 Å². The van der Waals surface area contributed by atoms with Crippen LogP contribution in [-0.2, 0) is 13.5 Å². The molecule has 4 heteroatoms. The van der Waals surface area contributed by atoms with Gasteiger partial charge in [-0.3, -0.25) is 9.48 Å². The molecule has 1 aromatic heterocycles. The van der Waals surface area contributed by atoms with Crippen LogP contribution in [0.15, 0.2) is 48.7 Å². The average molecular weight is 251 g/mol. The summed E-state index contributed by atoms with van der Waals surface area (Å²) in [7, 11) is 1.79. The highest BCUT2D eigenvalue weighted by molar-refractivity contribution is 6.00. The Hall–Kier alpha value is -2.49. The molecule has 2 aromatic carbocycles. The molecule has 4 nitrogen and oxygen atoms in total. The monoisotopic (exact) mass is 251 g/mol. The van der Waals surface area contributed by atoms with E-state index in [1.807, 2.05) is 42.5 Å². The van der Waals surface area contributed by atoms with E-state index in [9.17, 15) is 4.79 Å². The second-order valence-corrected chi connectivity index (χ2v) is 4.55. The Morgan fingerprint density at radius 2 is 1.95 bits per heavy atom. The number of benzene rings is 2. The van der Waals surface area contributed by atoms with Gasteiger partial charge >= 0.3 is 0 Å². The van der Waals surface area contributed by atoms with Crippen LogP contribution >= 0.6 is 0 Å². The number of carbonyl (C=O) groups excluding carboxylic acids is 1. The molecule has 0 unspecified atom stereocenters. The minimum Gasteiger partial charge on any atom is -0.294 e. The van der Waals surface area contributed by atoms with Gasteiger partial charge in [-0.25, -0.2) is 0 Å². The standard InChI is InChI=1S/C15H13N3O/c1-18-10-14(16-17-18)9-15(19)13-7-6-11-4-2-3-5-12(11)8-13/h2-8,10H,9H2,1H3. The lowest BCUT2D eigenvalue weighted by Crippen LogP contribution is -2.03. The molecule has 0 bridgehead atoms. The van der Waals surface area contributed by atoms with Gasteiger partial charge in [-0.1, -0.05) is 41.6 Å².